The van der Waals surface area contributed by atoms with Crippen molar-refractivity contribution in [1.29, 1.82) is 0 Å². The van der Waals surface area contributed by atoms with E-state index in [-0.39, 0.29) is 18.0 Å². The second-order valence-corrected chi connectivity index (χ2v) is 7.48. The van der Waals surface area contributed by atoms with E-state index >= 15 is 0 Å². The minimum atomic E-state index is -3.14. The van der Waals surface area contributed by atoms with Crippen LogP contribution >= 0.6 is 0 Å². The maximum atomic E-state index is 12.2. The summed E-state index contributed by atoms with van der Waals surface area (Å²) in [6, 6.07) is 10.1. The van der Waals surface area contributed by atoms with Crippen LogP contribution in [0.5, 0.6) is 0 Å². The molecule has 0 radical (unpaired) electrons. The summed E-state index contributed by atoms with van der Waals surface area (Å²) >= 11 is 0. The highest BCUT2D eigenvalue weighted by Crippen LogP contribution is 2.18. The Bertz CT molecular complexity index is 515. The van der Waals surface area contributed by atoms with Crippen molar-refractivity contribution in [3.8, 4) is 0 Å². The summed E-state index contributed by atoms with van der Waals surface area (Å²) in [6.45, 7) is 4.75. The van der Waals surface area contributed by atoms with Gasteiger partial charge >= 0.3 is 0 Å². The van der Waals surface area contributed by atoms with Crippen molar-refractivity contribution in [3.63, 3.8) is 0 Å². The standard InChI is InChI=1S/C15H23NO3S/c1-3-9-20(17,18)16-11-13(2)19-15(12-16)10-14-7-5-4-6-8-14/h4-8,13,15H,3,9-12H2,1-2H3. The first-order chi connectivity index (χ1) is 9.51. The summed E-state index contributed by atoms with van der Waals surface area (Å²) in [5.41, 5.74) is 1.18. The lowest BCUT2D eigenvalue weighted by Gasteiger charge is -2.36. The molecule has 1 aliphatic heterocycles. The first kappa shape index (κ1) is 15.5. The molecule has 1 heterocycles. The first-order valence-electron chi connectivity index (χ1n) is 7.18. The molecule has 1 fully saturated rings. The zero-order chi connectivity index (χ0) is 14.6. The van der Waals surface area contributed by atoms with Crippen LogP contribution < -0.4 is 0 Å². The lowest BCUT2D eigenvalue weighted by molar-refractivity contribution is -0.0529. The fourth-order valence-corrected chi connectivity index (χ4v) is 4.21. The molecule has 1 aromatic rings. The van der Waals surface area contributed by atoms with Gasteiger partial charge in [0.25, 0.3) is 0 Å². The average Bonchev–Trinajstić information content (AvgIpc) is 2.39. The van der Waals surface area contributed by atoms with Crippen molar-refractivity contribution in [2.75, 3.05) is 18.8 Å². The third-order valence-corrected chi connectivity index (χ3v) is 5.46. The predicted octanol–water partition coefficient (Wildman–Crippen LogP) is 2.06. The zero-order valence-electron chi connectivity index (χ0n) is 12.2. The Morgan fingerprint density at radius 1 is 1.25 bits per heavy atom. The summed E-state index contributed by atoms with van der Waals surface area (Å²) in [5, 5.41) is 0. The van der Waals surface area contributed by atoms with Gasteiger partial charge in [-0.05, 0) is 25.3 Å². The largest absolute Gasteiger partial charge is 0.372 e. The lowest BCUT2D eigenvalue weighted by atomic mass is 10.1. The first-order valence-corrected chi connectivity index (χ1v) is 8.79. The number of rotatable bonds is 5. The van der Waals surface area contributed by atoms with Crippen LogP contribution in [0.2, 0.25) is 0 Å². The second-order valence-electron chi connectivity index (χ2n) is 5.39. The highest BCUT2D eigenvalue weighted by atomic mass is 32.2. The molecular formula is C15H23NO3S. The molecule has 2 atom stereocenters. The Morgan fingerprint density at radius 2 is 1.95 bits per heavy atom. The molecule has 0 spiro atoms. The quantitative estimate of drug-likeness (QED) is 0.836. The number of hydrogen-bond donors (Lipinski definition) is 0. The van der Waals surface area contributed by atoms with Gasteiger partial charge in [-0.1, -0.05) is 37.3 Å². The molecule has 2 rings (SSSR count). The fourth-order valence-electron chi connectivity index (χ4n) is 2.61. The smallest absolute Gasteiger partial charge is 0.214 e. The Balaban J connectivity index is 2.05. The molecular weight excluding hydrogens is 274 g/mol. The van der Waals surface area contributed by atoms with Crippen LogP contribution in [0.3, 0.4) is 0 Å². The van der Waals surface area contributed by atoms with Crippen molar-refractivity contribution in [1.82, 2.24) is 4.31 Å². The summed E-state index contributed by atoms with van der Waals surface area (Å²) < 4.78 is 31.9. The van der Waals surface area contributed by atoms with Crippen LogP contribution in [0.4, 0.5) is 0 Å². The van der Waals surface area contributed by atoms with Crippen LogP contribution in [0.1, 0.15) is 25.8 Å². The van der Waals surface area contributed by atoms with Crippen LogP contribution in [0.15, 0.2) is 30.3 Å². The zero-order valence-corrected chi connectivity index (χ0v) is 13.0. The van der Waals surface area contributed by atoms with E-state index in [1.807, 2.05) is 44.2 Å². The number of sulfonamides is 1. The van der Waals surface area contributed by atoms with Crippen LogP contribution in [-0.4, -0.2) is 43.8 Å². The summed E-state index contributed by atoms with van der Waals surface area (Å²) in [6.07, 6.45) is 1.29. The summed E-state index contributed by atoms with van der Waals surface area (Å²) in [4.78, 5) is 0. The Morgan fingerprint density at radius 3 is 2.60 bits per heavy atom. The lowest BCUT2D eigenvalue weighted by Crippen LogP contribution is -2.50. The summed E-state index contributed by atoms with van der Waals surface area (Å²) in [7, 11) is -3.14. The molecule has 112 valence electrons. The van der Waals surface area contributed by atoms with Crippen LogP contribution in [0, 0.1) is 0 Å². The average molecular weight is 297 g/mol. The number of benzene rings is 1. The van der Waals surface area contributed by atoms with Gasteiger partial charge in [0.2, 0.25) is 10.0 Å². The maximum Gasteiger partial charge on any atom is 0.214 e. The second kappa shape index (κ2) is 6.70. The van der Waals surface area contributed by atoms with E-state index in [9.17, 15) is 8.42 Å². The summed E-state index contributed by atoms with van der Waals surface area (Å²) in [5.74, 6) is 0.220. The molecule has 1 saturated heterocycles. The third-order valence-electron chi connectivity index (χ3n) is 3.45. The molecule has 0 N–H and O–H groups in total. The number of nitrogens with zero attached hydrogens (tertiary/aromatic N) is 1. The van der Waals surface area contributed by atoms with Gasteiger partial charge < -0.3 is 4.74 Å². The Kier molecular flexibility index (Phi) is 5.18. The normalized spacial score (nSPS) is 24.7. The SMILES string of the molecule is CCCS(=O)(=O)N1CC(C)OC(Cc2ccccc2)C1. The predicted molar refractivity (Wildman–Crippen MR) is 80.1 cm³/mol. The van der Waals surface area contributed by atoms with Crippen molar-refractivity contribution < 1.29 is 13.2 Å². The Labute approximate surface area is 121 Å². The van der Waals surface area contributed by atoms with E-state index in [1.54, 1.807) is 4.31 Å². The molecule has 0 aromatic heterocycles. The molecule has 4 nitrogen and oxygen atoms in total. The maximum absolute atomic E-state index is 12.2. The van der Waals surface area contributed by atoms with Gasteiger partial charge in [0.05, 0.1) is 18.0 Å². The van der Waals surface area contributed by atoms with E-state index in [1.165, 1.54) is 5.56 Å². The van der Waals surface area contributed by atoms with Gasteiger partial charge in [-0.2, -0.15) is 4.31 Å². The van der Waals surface area contributed by atoms with Gasteiger partial charge in [0.15, 0.2) is 0 Å². The number of morpholine rings is 1. The van der Waals surface area contributed by atoms with Crippen LogP contribution in [-0.2, 0) is 21.2 Å². The van der Waals surface area contributed by atoms with E-state index in [0.29, 0.717) is 19.5 Å². The molecule has 0 saturated carbocycles. The molecule has 5 heteroatoms. The van der Waals surface area contributed by atoms with Crippen molar-refractivity contribution in [2.45, 2.75) is 38.9 Å². The van der Waals surface area contributed by atoms with Crippen molar-refractivity contribution in [2.24, 2.45) is 0 Å². The molecule has 1 aromatic carbocycles. The van der Waals surface area contributed by atoms with Crippen molar-refractivity contribution in [3.05, 3.63) is 35.9 Å². The highest BCUT2D eigenvalue weighted by Gasteiger charge is 2.32. The van der Waals surface area contributed by atoms with E-state index in [0.717, 1.165) is 6.42 Å². The van der Waals surface area contributed by atoms with Gasteiger partial charge in [0.1, 0.15) is 0 Å². The number of hydrogen-bond acceptors (Lipinski definition) is 3. The molecule has 0 aliphatic carbocycles. The van der Waals surface area contributed by atoms with Gasteiger partial charge in [0, 0.05) is 13.1 Å². The topological polar surface area (TPSA) is 46.6 Å². The van der Waals surface area contributed by atoms with E-state index < -0.39 is 10.0 Å². The molecule has 1 aliphatic rings. The molecule has 20 heavy (non-hydrogen) atoms. The van der Waals surface area contributed by atoms with Crippen LogP contribution in [0.25, 0.3) is 0 Å². The molecule has 0 bridgehead atoms. The van der Waals surface area contributed by atoms with Gasteiger partial charge in [-0.3, -0.25) is 0 Å². The molecule has 0 amide bonds. The Hall–Kier alpha value is -0.910. The van der Waals surface area contributed by atoms with Crippen molar-refractivity contribution >= 4 is 10.0 Å². The minimum Gasteiger partial charge on any atom is -0.372 e. The van der Waals surface area contributed by atoms with Gasteiger partial charge in [-0.25, -0.2) is 8.42 Å². The van der Waals surface area contributed by atoms with Gasteiger partial charge in [-0.15, -0.1) is 0 Å². The monoisotopic (exact) mass is 297 g/mol. The van der Waals surface area contributed by atoms with E-state index in [4.69, 9.17) is 4.74 Å². The third kappa shape index (κ3) is 4.04. The highest BCUT2D eigenvalue weighted by molar-refractivity contribution is 7.89. The van der Waals surface area contributed by atoms with E-state index in [2.05, 4.69) is 0 Å². The number of ether oxygens (including phenoxy) is 1. The fraction of sp³-hybridized carbons (Fsp3) is 0.600. The molecule has 2 unspecified atom stereocenters. The minimum absolute atomic E-state index is 0.0518.